The molecule has 1 fully saturated rings. The van der Waals surface area contributed by atoms with E-state index in [0.29, 0.717) is 12.2 Å². The number of nitrogen functional groups attached to an aromatic ring is 1. The van der Waals surface area contributed by atoms with Crippen molar-refractivity contribution in [1.29, 1.82) is 0 Å². The van der Waals surface area contributed by atoms with E-state index in [9.17, 15) is 4.79 Å². The van der Waals surface area contributed by atoms with Gasteiger partial charge in [0.05, 0.1) is 0 Å². The van der Waals surface area contributed by atoms with Gasteiger partial charge in [0.25, 0.3) is 0 Å². The van der Waals surface area contributed by atoms with Crippen LogP contribution in [0, 0.1) is 0 Å². The molecule has 0 aliphatic heterocycles. The van der Waals surface area contributed by atoms with Crippen LogP contribution in [-0.4, -0.2) is 23.5 Å². The van der Waals surface area contributed by atoms with Gasteiger partial charge in [0, 0.05) is 25.3 Å². The molecule has 0 unspecified atom stereocenters. The molecule has 1 aliphatic rings. The number of ether oxygens (including phenoxy) is 1. The SMILES string of the molecule is COC1(C(=O)Cc2cccnc2N)CCCCCC1. The number of nitrogens with zero attached hydrogens (tertiary/aromatic N) is 1. The van der Waals surface area contributed by atoms with Crippen LogP contribution in [0.25, 0.3) is 0 Å². The van der Waals surface area contributed by atoms with E-state index in [-0.39, 0.29) is 5.78 Å². The first kappa shape index (κ1) is 14.0. The lowest BCUT2D eigenvalue weighted by Crippen LogP contribution is -2.41. The van der Waals surface area contributed by atoms with E-state index in [1.165, 1.54) is 12.8 Å². The molecule has 0 spiro atoms. The summed E-state index contributed by atoms with van der Waals surface area (Å²) in [7, 11) is 1.65. The maximum atomic E-state index is 12.6. The molecule has 0 radical (unpaired) electrons. The normalized spacial score (nSPS) is 18.8. The van der Waals surface area contributed by atoms with Crippen LogP contribution < -0.4 is 5.73 Å². The van der Waals surface area contributed by atoms with Gasteiger partial charge in [0.1, 0.15) is 11.4 Å². The Kier molecular flexibility index (Phi) is 4.53. The molecule has 1 aromatic rings. The summed E-state index contributed by atoms with van der Waals surface area (Å²) < 4.78 is 5.62. The third-order valence-electron chi connectivity index (χ3n) is 4.09. The molecular formula is C15H22N2O2. The topological polar surface area (TPSA) is 65.2 Å². The monoisotopic (exact) mass is 262 g/mol. The minimum Gasteiger partial charge on any atom is -0.383 e. The Morgan fingerprint density at radius 1 is 1.37 bits per heavy atom. The van der Waals surface area contributed by atoms with E-state index in [1.807, 2.05) is 12.1 Å². The molecule has 104 valence electrons. The molecule has 0 bridgehead atoms. The van der Waals surface area contributed by atoms with Crippen molar-refractivity contribution in [3.05, 3.63) is 23.9 Å². The standard InChI is InChI=1S/C15H22N2O2/c1-19-15(8-4-2-3-5-9-15)13(18)11-12-7-6-10-17-14(12)16/h6-7,10H,2-5,8-9,11H2,1H3,(H2,16,17). The number of rotatable bonds is 4. The van der Waals surface area contributed by atoms with Crippen LogP contribution in [0.4, 0.5) is 5.82 Å². The van der Waals surface area contributed by atoms with E-state index < -0.39 is 5.60 Å². The molecule has 4 nitrogen and oxygen atoms in total. The summed E-state index contributed by atoms with van der Waals surface area (Å²) in [6.45, 7) is 0. The summed E-state index contributed by atoms with van der Waals surface area (Å²) in [6, 6.07) is 3.67. The van der Waals surface area contributed by atoms with Crippen molar-refractivity contribution >= 4 is 11.6 Å². The van der Waals surface area contributed by atoms with Gasteiger partial charge >= 0.3 is 0 Å². The second kappa shape index (κ2) is 6.15. The van der Waals surface area contributed by atoms with Crippen molar-refractivity contribution in [1.82, 2.24) is 4.98 Å². The fourth-order valence-corrected chi connectivity index (χ4v) is 2.83. The highest BCUT2D eigenvalue weighted by Crippen LogP contribution is 2.32. The van der Waals surface area contributed by atoms with Crippen LogP contribution in [0.2, 0.25) is 0 Å². The summed E-state index contributed by atoms with van der Waals surface area (Å²) in [5.41, 5.74) is 6.00. The molecule has 19 heavy (non-hydrogen) atoms. The molecule has 0 aromatic carbocycles. The van der Waals surface area contributed by atoms with Gasteiger partial charge in [0.2, 0.25) is 0 Å². The molecule has 0 atom stereocenters. The molecule has 2 N–H and O–H groups in total. The highest BCUT2D eigenvalue weighted by atomic mass is 16.5. The van der Waals surface area contributed by atoms with Gasteiger partial charge in [-0.2, -0.15) is 0 Å². The number of aromatic nitrogens is 1. The van der Waals surface area contributed by atoms with Gasteiger partial charge in [-0.1, -0.05) is 31.7 Å². The van der Waals surface area contributed by atoms with Crippen LogP contribution in [0.5, 0.6) is 0 Å². The number of hydrogen-bond acceptors (Lipinski definition) is 4. The van der Waals surface area contributed by atoms with E-state index in [2.05, 4.69) is 4.98 Å². The Labute approximate surface area is 114 Å². The predicted octanol–water partition coefficient (Wildman–Crippen LogP) is 2.51. The summed E-state index contributed by atoms with van der Waals surface area (Å²) in [5, 5.41) is 0. The number of carbonyl (C=O) groups excluding carboxylic acids is 1. The van der Waals surface area contributed by atoms with Gasteiger partial charge in [-0.25, -0.2) is 4.98 Å². The van der Waals surface area contributed by atoms with E-state index in [4.69, 9.17) is 10.5 Å². The van der Waals surface area contributed by atoms with E-state index in [0.717, 1.165) is 31.2 Å². The van der Waals surface area contributed by atoms with Crippen molar-refractivity contribution < 1.29 is 9.53 Å². The zero-order chi connectivity index (χ0) is 13.7. The van der Waals surface area contributed by atoms with Gasteiger partial charge in [-0.15, -0.1) is 0 Å². The van der Waals surface area contributed by atoms with Gasteiger partial charge in [-0.05, 0) is 18.9 Å². The number of carbonyl (C=O) groups is 1. The van der Waals surface area contributed by atoms with Crippen molar-refractivity contribution in [3.8, 4) is 0 Å². The fraction of sp³-hybridized carbons (Fsp3) is 0.600. The lowest BCUT2D eigenvalue weighted by molar-refractivity contribution is -0.142. The molecule has 1 aromatic heterocycles. The molecule has 1 aliphatic carbocycles. The van der Waals surface area contributed by atoms with Crippen LogP contribution in [0.15, 0.2) is 18.3 Å². The highest BCUT2D eigenvalue weighted by Gasteiger charge is 2.38. The Morgan fingerprint density at radius 2 is 2.05 bits per heavy atom. The molecule has 4 heteroatoms. The van der Waals surface area contributed by atoms with Crippen molar-refractivity contribution in [2.75, 3.05) is 12.8 Å². The molecule has 1 saturated carbocycles. The Hall–Kier alpha value is -1.42. The Morgan fingerprint density at radius 3 is 2.63 bits per heavy atom. The third-order valence-corrected chi connectivity index (χ3v) is 4.09. The number of hydrogen-bond donors (Lipinski definition) is 1. The lowest BCUT2D eigenvalue weighted by Gasteiger charge is -2.29. The number of pyridine rings is 1. The van der Waals surface area contributed by atoms with E-state index >= 15 is 0 Å². The number of nitrogens with two attached hydrogens (primary N) is 1. The Balaban J connectivity index is 2.14. The van der Waals surface area contributed by atoms with Gasteiger partial charge < -0.3 is 10.5 Å². The van der Waals surface area contributed by atoms with Crippen molar-refractivity contribution in [2.24, 2.45) is 0 Å². The minimum atomic E-state index is -0.612. The van der Waals surface area contributed by atoms with Crippen molar-refractivity contribution in [3.63, 3.8) is 0 Å². The number of anilines is 1. The zero-order valence-electron chi connectivity index (χ0n) is 11.5. The zero-order valence-corrected chi connectivity index (χ0v) is 11.5. The van der Waals surface area contributed by atoms with Gasteiger partial charge in [0.15, 0.2) is 5.78 Å². The summed E-state index contributed by atoms with van der Waals surface area (Å²) >= 11 is 0. The first-order chi connectivity index (χ1) is 9.18. The lowest BCUT2D eigenvalue weighted by atomic mass is 9.86. The smallest absolute Gasteiger partial charge is 0.169 e. The molecule has 0 amide bonds. The first-order valence-electron chi connectivity index (χ1n) is 6.96. The largest absolute Gasteiger partial charge is 0.383 e. The molecular weight excluding hydrogens is 240 g/mol. The third kappa shape index (κ3) is 3.13. The predicted molar refractivity (Wildman–Crippen MR) is 74.8 cm³/mol. The average Bonchev–Trinajstić information content (AvgIpc) is 2.67. The van der Waals surface area contributed by atoms with Crippen LogP contribution in [-0.2, 0) is 16.0 Å². The highest BCUT2D eigenvalue weighted by molar-refractivity contribution is 5.90. The quantitative estimate of drug-likeness (QED) is 0.847. The maximum absolute atomic E-state index is 12.6. The maximum Gasteiger partial charge on any atom is 0.169 e. The Bertz CT molecular complexity index is 438. The second-order valence-corrected chi connectivity index (χ2v) is 5.26. The first-order valence-corrected chi connectivity index (χ1v) is 6.96. The van der Waals surface area contributed by atoms with Gasteiger partial charge in [-0.3, -0.25) is 4.79 Å². The summed E-state index contributed by atoms with van der Waals surface area (Å²) in [4.78, 5) is 16.6. The summed E-state index contributed by atoms with van der Waals surface area (Å²) in [6.07, 6.45) is 8.09. The summed E-state index contributed by atoms with van der Waals surface area (Å²) in [5.74, 6) is 0.576. The van der Waals surface area contributed by atoms with Crippen LogP contribution >= 0.6 is 0 Å². The number of methoxy groups -OCH3 is 1. The van der Waals surface area contributed by atoms with Crippen LogP contribution in [0.1, 0.15) is 44.1 Å². The number of Topliss-reactive ketones (excluding diaryl/α,β-unsaturated/α-hetero) is 1. The molecule has 2 rings (SSSR count). The minimum absolute atomic E-state index is 0.136. The molecule has 0 saturated heterocycles. The number of ketones is 1. The second-order valence-electron chi connectivity index (χ2n) is 5.26. The molecule has 1 heterocycles. The van der Waals surface area contributed by atoms with Crippen LogP contribution in [0.3, 0.4) is 0 Å². The van der Waals surface area contributed by atoms with Crippen molar-refractivity contribution in [2.45, 2.75) is 50.5 Å². The van der Waals surface area contributed by atoms with E-state index in [1.54, 1.807) is 13.3 Å². The average molecular weight is 262 g/mol. The fourth-order valence-electron chi connectivity index (χ4n) is 2.83.